The van der Waals surface area contributed by atoms with Crippen molar-refractivity contribution in [2.75, 3.05) is 18.9 Å². The molecular weight excluding hydrogens is 260 g/mol. The van der Waals surface area contributed by atoms with Crippen molar-refractivity contribution in [3.8, 4) is 5.75 Å². The van der Waals surface area contributed by atoms with Crippen LogP contribution < -0.4 is 15.4 Å². The Morgan fingerprint density at radius 3 is 2.70 bits per heavy atom. The topological polar surface area (TPSA) is 89.3 Å². The number of benzene rings is 1. The SMILES string of the molecule is CNCC(=O)Nc1ccc(OCc2nc(C)no2)cc1. The van der Waals surface area contributed by atoms with Crippen LogP contribution in [0.25, 0.3) is 0 Å². The Balaban J connectivity index is 1.86. The van der Waals surface area contributed by atoms with E-state index in [0.717, 1.165) is 0 Å². The Morgan fingerprint density at radius 2 is 2.10 bits per heavy atom. The van der Waals surface area contributed by atoms with Crippen molar-refractivity contribution in [1.82, 2.24) is 15.5 Å². The molecule has 0 unspecified atom stereocenters. The summed E-state index contributed by atoms with van der Waals surface area (Å²) in [7, 11) is 1.72. The highest BCUT2D eigenvalue weighted by molar-refractivity contribution is 5.92. The van der Waals surface area contributed by atoms with Crippen LogP contribution in [0, 0.1) is 6.92 Å². The van der Waals surface area contributed by atoms with Gasteiger partial charge in [0.25, 0.3) is 5.89 Å². The summed E-state index contributed by atoms with van der Waals surface area (Å²) in [6.45, 7) is 2.23. The van der Waals surface area contributed by atoms with Crippen molar-refractivity contribution in [3.63, 3.8) is 0 Å². The van der Waals surface area contributed by atoms with Crippen LogP contribution in [0.15, 0.2) is 28.8 Å². The molecule has 1 aromatic heterocycles. The molecule has 1 aromatic carbocycles. The van der Waals surface area contributed by atoms with Gasteiger partial charge in [-0.05, 0) is 38.2 Å². The molecule has 0 aliphatic heterocycles. The van der Waals surface area contributed by atoms with Crippen LogP contribution in [0.2, 0.25) is 0 Å². The van der Waals surface area contributed by atoms with Crippen LogP contribution >= 0.6 is 0 Å². The summed E-state index contributed by atoms with van der Waals surface area (Å²) in [6.07, 6.45) is 0. The molecule has 7 heteroatoms. The molecular formula is C13H16N4O3. The molecule has 0 bridgehead atoms. The van der Waals surface area contributed by atoms with Gasteiger partial charge in [-0.2, -0.15) is 4.98 Å². The number of ether oxygens (including phenoxy) is 1. The number of carbonyl (C=O) groups is 1. The first kappa shape index (κ1) is 14.0. The first-order valence-corrected chi connectivity index (χ1v) is 6.14. The van der Waals surface area contributed by atoms with Gasteiger partial charge in [0.05, 0.1) is 6.54 Å². The van der Waals surface area contributed by atoms with Gasteiger partial charge in [0.1, 0.15) is 5.75 Å². The van der Waals surface area contributed by atoms with Gasteiger partial charge in [-0.3, -0.25) is 4.79 Å². The lowest BCUT2D eigenvalue weighted by atomic mass is 10.3. The third-order valence-corrected chi connectivity index (χ3v) is 2.41. The van der Waals surface area contributed by atoms with Gasteiger partial charge in [-0.1, -0.05) is 5.16 Å². The minimum atomic E-state index is -0.0949. The highest BCUT2D eigenvalue weighted by Gasteiger charge is 2.04. The number of hydrogen-bond donors (Lipinski definition) is 2. The van der Waals surface area contributed by atoms with Gasteiger partial charge in [-0.15, -0.1) is 0 Å². The van der Waals surface area contributed by atoms with Crippen molar-refractivity contribution in [3.05, 3.63) is 36.0 Å². The number of amides is 1. The second-order valence-corrected chi connectivity index (χ2v) is 4.13. The largest absolute Gasteiger partial charge is 0.484 e. The first-order valence-electron chi connectivity index (χ1n) is 6.14. The molecule has 7 nitrogen and oxygen atoms in total. The molecule has 106 valence electrons. The number of anilines is 1. The summed E-state index contributed by atoms with van der Waals surface area (Å²) in [5.74, 6) is 1.56. The molecule has 0 atom stereocenters. The summed E-state index contributed by atoms with van der Waals surface area (Å²) in [5, 5.41) is 9.20. The molecule has 0 radical (unpaired) electrons. The summed E-state index contributed by atoms with van der Waals surface area (Å²) in [4.78, 5) is 15.4. The predicted octanol–water partition coefficient (Wildman–Crippen LogP) is 1.11. The van der Waals surface area contributed by atoms with Crippen LogP contribution in [0.1, 0.15) is 11.7 Å². The Hall–Kier alpha value is -2.41. The van der Waals surface area contributed by atoms with Crippen LogP contribution in [-0.2, 0) is 11.4 Å². The van der Waals surface area contributed by atoms with E-state index in [-0.39, 0.29) is 19.1 Å². The van der Waals surface area contributed by atoms with E-state index in [0.29, 0.717) is 23.2 Å². The minimum Gasteiger partial charge on any atom is -0.484 e. The lowest BCUT2D eigenvalue weighted by molar-refractivity contribution is -0.115. The molecule has 2 rings (SSSR count). The fourth-order valence-corrected chi connectivity index (χ4v) is 1.54. The van der Waals surface area contributed by atoms with Crippen LogP contribution in [0.3, 0.4) is 0 Å². The van der Waals surface area contributed by atoms with Gasteiger partial charge in [0, 0.05) is 5.69 Å². The number of carbonyl (C=O) groups excluding carboxylic acids is 1. The third-order valence-electron chi connectivity index (χ3n) is 2.41. The maximum Gasteiger partial charge on any atom is 0.264 e. The van der Waals surface area contributed by atoms with Gasteiger partial charge in [-0.25, -0.2) is 0 Å². The first-order chi connectivity index (χ1) is 9.67. The summed E-state index contributed by atoms with van der Waals surface area (Å²) >= 11 is 0. The Morgan fingerprint density at radius 1 is 1.35 bits per heavy atom. The Bertz CT molecular complexity index is 565. The van der Waals surface area contributed by atoms with E-state index in [1.165, 1.54) is 0 Å². The average molecular weight is 276 g/mol. The highest BCUT2D eigenvalue weighted by atomic mass is 16.5. The average Bonchev–Trinajstić information content (AvgIpc) is 2.84. The van der Waals surface area contributed by atoms with Crippen LogP contribution in [0.5, 0.6) is 5.75 Å². The third kappa shape index (κ3) is 4.06. The van der Waals surface area contributed by atoms with Crippen molar-refractivity contribution in [1.29, 1.82) is 0 Å². The smallest absolute Gasteiger partial charge is 0.264 e. The Labute approximate surface area is 116 Å². The van der Waals surface area contributed by atoms with Crippen LogP contribution in [-0.4, -0.2) is 29.6 Å². The summed E-state index contributed by atoms with van der Waals surface area (Å²) in [5.41, 5.74) is 0.714. The molecule has 1 heterocycles. The number of nitrogens with one attached hydrogen (secondary N) is 2. The van der Waals surface area contributed by atoms with Crippen molar-refractivity contribution in [2.24, 2.45) is 0 Å². The normalized spacial score (nSPS) is 10.3. The molecule has 0 fully saturated rings. The van der Waals surface area contributed by atoms with Gasteiger partial charge in [0.15, 0.2) is 12.4 Å². The van der Waals surface area contributed by atoms with E-state index >= 15 is 0 Å². The molecule has 0 aliphatic carbocycles. The zero-order chi connectivity index (χ0) is 14.4. The van der Waals surface area contributed by atoms with E-state index in [9.17, 15) is 4.79 Å². The number of hydrogen-bond acceptors (Lipinski definition) is 6. The standard InChI is InChI=1S/C13H16N4O3/c1-9-15-13(20-17-9)8-19-11-5-3-10(4-6-11)16-12(18)7-14-2/h3-6,14H,7-8H2,1-2H3,(H,16,18). The molecule has 2 aromatic rings. The van der Waals surface area contributed by atoms with E-state index in [1.807, 2.05) is 0 Å². The van der Waals surface area contributed by atoms with Crippen molar-refractivity contribution >= 4 is 11.6 Å². The second-order valence-electron chi connectivity index (χ2n) is 4.13. The van der Waals surface area contributed by atoms with Gasteiger partial charge in [0.2, 0.25) is 5.91 Å². The minimum absolute atomic E-state index is 0.0949. The number of nitrogens with zero attached hydrogens (tertiary/aromatic N) is 2. The fourth-order valence-electron chi connectivity index (χ4n) is 1.54. The summed E-state index contributed by atoms with van der Waals surface area (Å²) in [6, 6.07) is 7.06. The molecule has 1 amide bonds. The maximum absolute atomic E-state index is 11.4. The predicted molar refractivity (Wildman–Crippen MR) is 72.4 cm³/mol. The molecule has 20 heavy (non-hydrogen) atoms. The highest BCUT2D eigenvalue weighted by Crippen LogP contribution is 2.16. The quantitative estimate of drug-likeness (QED) is 0.821. The Kier molecular flexibility index (Phi) is 4.67. The van der Waals surface area contributed by atoms with Crippen molar-refractivity contribution < 1.29 is 14.1 Å². The monoisotopic (exact) mass is 276 g/mol. The molecule has 0 saturated carbocycles. The van der Waals surface area contributed by atoms with E-state index in [2.05, 4.69) is 20.8 Å². The molecule has 0 aliphatic rings. The van der Waals surface area contributed by atoms with Gasteiger partial charge < -0.3 is 19.9 Å². The zero-order valence-corrected chi connectivity index (χ0v) is 11.3. The number of rotatable bonds is 6. The summed E-state index contributed by atoms with van der Waals surface area (Å²) < 4.78 is 10.4. The zero-order valence-electron chi connectivity index (χ0n) is 11.3. The number of aryl methyl sites for hydroxylation is 1. The van der Waals surface area contributed by atoms with Crippen LogP contribution in [0.4, 0.5) is 5.69 Å². The fraction of sp³-hybridized carbons (Fsp3) is 0.308. The molecule has 0 saturated heterocycles. The number of aromatic nitrogens is 2. The van der Waals surface area contributed by atoms with E-state index < -0.39 is 0 Å². The van der Waals surface area contributed by atoms with E-state index in [1.54, 1.807) is 38.2 Å². The van der Waals surface area contributed by atoms with E-state index in [4.69, 9.17) is 9.26 Å². The second kappa shape index (κ2) is 6.67. The lowest BCUT2D eigenvalue weighted by Crippen LogP contribution is -2.24. The van der Waals surface area contributed by atoms with Crippen molar-refractivity contribution in [2.45, 2.75) is 13.5 Å². The lowest BCUT2D eigenvalue weighted by Gasteiger charge is -2.06. The molecule has 2 N–H and O–H groups in total. The maximum atomic E-state index is 11.4. The van der Waals surface area contributed by atoms with Gasteiger partial charge >= 0.3 is 0 Å². The number of likely N-dealkylation sites (N-methyl/N-ethyl adjacent to an activating group) is 1. The molecule has 0 spiro atoms.